The number of ether oxygens (including phenoxy) is 2. The summed E-state index contributed by atoms with van der Waals surface area (Å²) in [5.41, 5.74) is -0.141. The number of nitrogens with one attached hydrogen (secondary N) is 1. The van der Waals surface area contributed by atoms with Crippen molar-refractivity contribution in [2.45, 2.75) is 118 Å². The second-order valence-electron chi connectivity index (χ2n) is 9.72. The Morgan fingerprint density at radius 2 is 1.36 bits per heavy atom. The van der Waals surface area contributed by atoms with Crippen LogP contribution in [0.2, 0.25) is 0 Å². The van der Waals surface area contributed by atoms with Crippen LogP contribution in [0.4, 0.5) is 0 Å². The van der Waals surface area contributed by atoms with Gasteiger partial charge < -0.3 is 14.8 Å². The molecule has 0 saturated carbocycles. The third-order valence-corrected chi connectivity index (χ3v) is 4.66. The molecule has 1 N–H and O–H groups in total. The molecule has 0 saturated heterocycles. The predicted molar refractivity (Wildman–Crippen MR) is 110 cm³/mol. The average molecular weight is 358 g/mol. The summed E-state index contributed by atoms with van der Waals surface area (Å²) in [5.74, 6) is 1.19. The standard InChI is InChI=1S/C22H47NO2/c1-11-23-16-12-13-20(25-22(8,9)10)19(4)17(2)14-15-18(3)24-21(5,6)7/h17-20,23H,11-16H2,1-10H3. The predicted octanol–water partition coefficient (Wildman–Crippen LogP) is 5.82. The van der Waals surface area contributed by atoms with E-state index in [1.54, 1.807) is 0 Å². The normalized spacial score (nSPS) is 18.0. The van der Waals surface area contributed by atoms with E-state index < -0.39 is 0 Å². The zero-order valence-electron chi connectivity index (χ0n) is 18.9. The molecule has 0 aliphatic carbocycles. The van der Waals surface area contributed by atoms with Gasteiger partial charge in [0.15, 0.2) is 0 Å². The SMILES string of the molecule is CCNCCCC(OC(C)(C)C)C(C)C(C)CCC(C)OC(C)(C)C. The zero-order valence-corrected chi connectivity index (χ0v) is 18.9. The highest BCUT2D eigenvalue weighted by Crippen LogP contribution is 2.29. The Balaban J connectivity index is 4.55. The topological polar surface area (TPSA) is 30.5 Å². The molecule has 0 fully saturated rings. The molecule has 0 aromatic rings. The van der Waals surface area contributed by atoms with Gasteiger partial charge in [-0.25, -0.2) is 0 Å². The summed E-state index contributed by atoms with van der Waals surface area (Å²) in [6.07, 6.45) is 5.25. The first kappa shape index (κ1) is 24.9. The maximum atomic E-state index is 6.43. The van der Waals surface area contributed by atoms with Crippen LogP contribution in [0.1, 0.15) is 94.9 Å². The number of rotatable bonds is 12. The van der Waals surface area contributed by atoms with E-state index in [4.69, 9.17) is 9.47 Å². The lowest BCUT2D eigenvalue weighted by Gasteiger charge is -2.35. The van der Waals surface area contributed by atoms with E-state index in [2.05, 4.69) is 74.6 Å². The fraction of sp³-hybridized carbons (Fsp3) is 1.00. The van der Waals surface area contributed by atoms with Crippen molar-refractivity contribution in [3.8, 4) is 0 Å². The Morgan fingerprint density at radius 1 is 0.800 bits per heavy atom. The van der Waals surface area contributed by atoms with E-state index >= 15 is 0 Å². The zero-order chi connectivity index (χ0) is 19.7. The maximum absolute atomic E-state index is 6.43. The average Bonchev–Trinajstić information content (AvgIpc) is 2.44. The Morgan fingerprint density at radius 3 is 1.84 bits per heavy atom. The Hall–Kier alpha value is -0.120. The molecule has 0 bridgehead atoms. The molecule has 3 heteroatoms. The van der Waals surface area contributed by atoms with Gasteiger partial charge in [0, 0.05) is 0 Å². The van der Waals surface area contributed by atoms with Crippen LogP contribution in [0.25, 0.3) is 0 Å². The van der Waals surface area contributed by atoms with E-state index in [9.17, 15) is 0 Å². The molecule has 152 valence electrons. The second kappa shape index (κ2) is 11.6. The Kier molecular flexibility index (Phi) is 11.5. The van der Waals surface area contributed by atoms with Gasteiger partial charge in [-0.3, -0.25) is 0 Å². The van der Waals surface area contributed by atoms with Crippen molar-refractivity contribution in [1.29, 1.82) is 0 Å². The lowest BCUT2D eigenvalue weighted by atomic mass is 9.84. The molecule has 0 heterocycles. The van der Waals surface area contributed by atoms with Gasteiger partial charge in [0.2, 0.25) is 0 Å². The molecule has 0 aliphatic rings. The Labute approximate surface area is 158 Å². The third kappa shape index (κ3) is 13.7. The molecule has 0 aromatic carbocycles. The van der Waals surface area contributed by atoms with E-state index in [1.165, 1.54) is 12.8 Å². The molecule has 4 atom stereocenters. The van der Waals surface area contributed by atoms with Crippen LogP contribution in [-0.2, 0) is 9.47 Å². The molecule has 0 amide bonds. The summed E-state index contributed by atoms with van der Waals surface area (Å²) in [4.78, 5) is 0. The monoisotopic (exact) mass is 357 g/mol. The second-order valence-corrected chi connectivity index (χ2v) is 9.72. The van der Waals surface area contributed by atoms with Crippen LogP contribution in [-0.4, -0.2) is 36.5 Å². The van der Waals surface area contributed by atoms with Crippen LogP contribution >= 0.6 is 0 Å². The molecule has 4 unspecified atom stereocenters. The highest BCUT2D eigenvalue weighted by Gasteiger charge is 2.28. The first-order chi connectivity index (χ1) is 11.4. The van der Waals surface area contributed by atoms with Crippen LogP contribution < -0.4 is 5.32 Å². The summed E-state index contributed by atoms with van der Waals surface area (Å²) in [7, 11) is 0. The minimum atomic E-state index is -0.0839. The summed E-state index contributed by atoms with van der Waals surface area (Å²) in [5, 5.41) is 3.42. The van der Waals surface area contributed by atoms with Gasteiger partial charge >= 0.3 is 0 Å². The highest BCUT2D eigenvalue weighted by atomic mass is 16.5. The van der Waals surface area contributed by atoms with Gasteiger partial charge in [0.05, 0.1) is 23.4 Å². The van der Waals surface area contributed by atoms with Crippen LogP contribution in [0.3, 0.4) is 0 Å². The molecule has 0 radical (unpaired) electrons. The lowest BCUT2D eigenvalue weighted by Crippen LogP contribution is -2.35. The molecular formula is C22H47NO2. The molecular weight excluding hydrogens is 310 g/mol. The number of hydrogen-bond acceptors (Lipinski definition) is 3. The van der Waals surface area contributed by atoms with Crippen molar-refractivity contribution in [2.24, 2.45) is 11.8 Å². The fourth-order valence-corrected chi connectivity index (χ4v) is 3.28. The van der Waals surface area contributed by atoms with Crippen LogP contribution in [0.15, 0.2) is 0 Å². The van der Waals surface area contributed by atoms with Gasteiger partial charge in [0.25, 0.3) is 0 Å². The number of hydrogen-bond donors (Lipinski definition) is 1. The molecule has 0 aliphatic heterocycles. The van der Waals surface area contributed by atoms with E-state index in [0.29, 0.717) is 24.0 Å². The van der Waals surface area contributed by atoms with Crippen molar-refractivity contribution in [3.63, 3.8) is 0 Å². The molecule has 0 rings (SSSR count). The van der Waals surface area contributed by atoms with Gasteiger partial charge in [-0.05, 0) is 99.1 Å². The minimum Gasteiger partial charge on any atom is -0.373 e. The first-order valence-corrected chi connectivity index (χ1v) is 10.4. The third-order valence-electron chi connectivity index (χ3n) is 4.66. The first-order valence-electron chi connectivity index (χ1n) is 10.4. The van der Waals surface area contributed by atoms with E-state index in [-0.39, 0.29) is 11.2 Å². The van der Waals surface area contributed by atoms with Crippen molar-refractivity contribution in [3.05, 3.63) is 0 Å². The summed E-state index contributed by atoms with van der Waals surface area (Å²) < 4.78 is 12.5. The fourth-order valence-electron chi connectivity index (χ4n) is 3.28. The van der Waals surface area contributed by atoms with Gasteiger partial charge in [0.1, 0.15) is 0 Å². The van der Waals surface area contributed by atoms with Crippen molar-refractivity contribution in [1.82, 2.24) is 5.32 Å². The largest absolute Gasteiger partial charge is 0.373 e. The van der Waals surface area contributed by atoms with Gasteiger partial charge in [-0.15, -0.1) is 0 Å². The van der Waals surface area contributed by atoms with Crippen molar-refractivity contribution >= 4 is 0 Å². The van der Waals surface area contributed by atoms with Crippen molar-refractivity contribution in [2.75, 3.05) is 13.1 Å². The van der Waals surface area contributed by atoms with E-state index in [0.717, 1.165) is 25.9 Å². The quantitative estimate of drug-likeness (QED) is 0.447. The lowest BCUT2D eigenvalue weighted by molar-refractivity contribution is -0.0973. The maximum Gasteiger partial charge on any atom is 0.0610 e. The smallest absolute Gasteiger partial charge is 0.0610 e. The molecule has 25 heavy (non-hydrogen) atoms. The summed E-state index contributed by atoms with van der Waals surface area (Å²) in [6, 6.07) is 0. The summed E-state index contributed by atoms with van der Waals surface area (Å²) in [6.45, 7) is 24.1. The minimum absolute atomic E-state index is 0.0571. The van der Waals surface area contributed by atoms with Gasteiger partial charge in [-0.1, -0.05) is 20.8 Å². The van der Waals surface area contributed by atoms with Gasteiger partial charge in [-0.2, -0.15) is 0 Å². The van der Waals surface area contributed by atoms with Crippen molar-refractivity contribution < 1.29 is 9.47 Å². The molecule has 3 nitrogen and oxygen atoms in total. The molecule has 0 aromatic heterocycles. The van der Waals surface area contributed by atoms with E-state index in [1.807, 2.05) is 0 Å². The Bertz CT molecular complexity index is 330. The molecule has 0 spiro atoms. The van der Waals surface area contributed by atoms with Crippen LogP contribution in [0, 0.1) is 11.8 Å². The highest BCUT2D eigenvalue weighted by molar-refractivity contribution is 4.77. The van der Waals surface area contributed by atoms with Crippen LogP contribution in [0.5, 0.6) is 0 Å². The summed E-state index contributed by atoms with van der Waals surface area (Å²) >= 11 is 0.